The smallest absolute Gasteiger partial charge is 0.262 e. The molecule has 0 aromatic heterocycles. The van der Waals surface area contributed by atoms with Crippen LogP contribution in [0.5, 0.6) is 17.2 Å². The van der Waals surface area contributed by atoms with Crippen LogP contribution in [0.25, 0.3) is 0 Å². The molecule has 2 aliphatic rings. The molecule has 0 saturated heterocycles. The molecule has 1 amide bonds. The number of sulfonamides is 1. The van der Waals surface area contributed by atoms with E-state index in [0.717, 1.165) is 11.3 Å². The summed E-state index contributed by atoms with van der Waals surface area (Å²) in [5.41, 5.74) is 1.44. The summed E-state index contributed by atoms with van der Waals surface area (Å²) in [6.45, 7) is 5.24. The quantitative estimate of drug-likeness (QED) is 0.394. The number of likely N-dealkylation sites (N-methyl/N-ethyl adjacent to an activating group) is 1. The van der Waals surface area contributed by atoms with Crippen LogP contribution in [0.15, 0.2) is 71.6 Å². The van der Waals surface area contributed by atoms with Crippen molar-refractivity contribution >= 4 is 21.6 Å². The molecule has 3 aromatic carbocycles. The van der Waals surface area contributed by atoms with Gasteiger partial charge >= 0.3 is 0 Å². The van der Waals surface area contributed by atoms with E-state index in [4.69, 9.17) is 14.2 Å². The van der Waals surface area contributed by atoms with Crippen molar-refractivity contribution in [2.45, 2.75) is 37.4 Å². The Morgan fingerprint density at radius 1 is 1.07 bits per heavy atom. The Bertz CT molecular complexity index is 1500. The highest BCUT2D eigenvalue weighted by Crippen LogP contribution is 2.36. The van der Waals surface area contributed by atoms with Crippen molar-refractivity contribution in [3.63, 3.8) is 0 Å². The van der Waals surface area contributed by atoms with Gasteiger partial charge in [-0.05, 0) is 55.9 Å². The van der Waals surface area contributed by atoms with E-state index >= 15 is 0 Å². The summed E-state index contributed by atoms with van der Waals surface area (Å²) in [7, 11) is -1.97. The van der Waals surface area contributed by atoms with Crippen molar-refractivity contribution in [2.24, 2.45) is 5.92 Å². The molecule has 0 spiro atoms. The number of fused-ring (bicyclic) bond motifs is 2. The number of aliphatic hydroxyl groups excluding tert-OH is 1. The van der Waals surface area contributed by atoms with Crippen molar-refractivity contribution in [3.05, 3.63) is 77.9 Å². The van der Waals surface area contributed by atoms with Gasteiger partial charge in [-0.15, -0.1) is 0 Å². The van der Waals surface area contributed by atoms with Crippen LogP contribution in [-0.2, 0) is 16.6 Å². The number of nitrogens with zero attached hydrogens (tertiary/aromatic N) is 2. The Hall–Kier alpha value is -3.80. The van der Waals surface area contributed by atoms with Gasteiger partial charge in [-0.25, -0.2) is 8.42 Å². The highest BCUT2D eigenvalue weighted by molar-refractivity contribution is 7.92. The van der Waals surface area contributed by atoms with Gasteiger partial charge in [-0.3, -0.25) is 14.4 Å². The number of carbonyl (C=O) groups excluding carboxylic acids is 1. The number of hydrogen-bond acceptors (Lipinski definition) is 8. The zero-order valence-electron chi connectivity index (χ0n) is 23.3. The highest BCUT2D eigenvalue weighted by atomic mass is 32.2. The Kier molecular flexibility index (Phi) is 8.39. The van der Waals surface area contributed by atoms with Crippen LogP contribution in [0.4, 0.5) is 5.69 Å². The number of ether oxygens (including phenoxy) is 3. The molecule has 0 saturated carbocycles. The topological polar surface area (TPSA) is 118 Å². The maximum absolute atomic E-state index is 13.7. The zero-order valence-corrected chi connectivity index (χ0v) is 24.1. The molecule has 218 valence electrons. The second-order valence-corrected chi connectivity index (χ2v) is 12.3. The molecule has 10 nitrogen and oxygen atoms in total. The fourth-order valence-electron chi connectivity index (χ4n) is 5.07. The molecule has 0 bridgehead atoms. The van der Waals surface area contributed by atoms with E-state index in [1.54, 1.807) is 48.2 Å². The first-order valence-corrected chi connectivity index (χ1v) is 15.0. The lowest BCUT2D eigenvalue weighted by atomic mass is 9.99. The largest absolute Gasteiger partial charge is 0.486 e. The molecule has 3 atom stereocenters. The molecular weight excluding hydrogens is 546 g/mol. The number of anilines is 1. The molecular formula is C30H35N3O7S. The normalized spacial score (nSPS) is 19.2. The minimum atomic E-state index is -3.95. The summed E-state index contributed by atoms with van der Waals surface area (Å²) >= 11 is 0. The maximum atomic E-state index is 13.7. The molecule has 2 heterocycles. The number of aliphatic hydroxyl groups is 1. The molecule has 11 heteroatoms. The monoisotopic (exact) mass is 581 g/mol. The van der Waals surface area contributed by atoms with E-state index in [-0.39, 0.29) is 47.1 Å². The maximum Gasteiger partial charge on any atom is 0.262 e. The number of rotatable bonds is 9. The molecule has 0 fully saturated rings. The third kappa shape index (κ3) is 6.27. The van der Waals surface area contributed by atoms with Gasteiger partial charge in [0.15, 0.2) is 17.2 Å². The van der Waals surface area contributed by atoms with Crippen LogP contribution in [0.3, 0.4) is 0 Å². The van der Waals surface area contributed by atoms with Crippen molar-refractivity contribution in [2.75, 3.05) is 38.3 Å². The average molecular weight is 582 g/mol. The predicted molar refractivity (Wildman–Crippen MR) is 154 cm³/mol. The van der Waals surface area contributed by atoms with Gasteiger partial charge in [0.2, 0.25) is 6.79 Å². The van der Waals surface area contributed by atoms with Gasteiger partial charge in [0.1, 0.15) is 6.10 Å². The first kappa shape index (κ1) is 28.7. The van der Waals surface area contributed by atoms with Crippen molar-refractivity contribution in [1.29, 1.82) is 0 Å². The van der Waals surface area contributed by atoms with Gasteiger partial charge in [0.25, 0.3) is 15.9 Å². The van der Waals surface area contributed by atoms with Gasteiger partial charge in [-0.1, -0.05) is 37.3 Å². The van der Waals surface area contributed by atoms with Crippen LogP contribution in [0.1, 0.15) is 29.8 Å². The Morgan fingerprint density at radius 3 is 2.59 bits per heavy atom. The van der Waals surface area contributed by atoms with Crippen molar-refractivity contribution < 1.29 is 32.5 Å². The number of carbonyl (C=O) groups is 1. The summed E-state index contributed by atoms with van der Waals surface area (Å²) in [5, 5.41) is 9.93. The lowest BCUT2D eigenvalue weighted by Crippen LogP contribution is -2.49. The minimum Gasteiger partial charge on any atom is -0.486 e. The molecule has 3 aromatic rings. The fraction of sp³-hybridized carbons (Fsp3) is 0.367. The van der Waals surface area contributed by atoms with Crippen LogP contribution in [-0.4, -0.2) is 74.9 Å². The van der Waals surface area contributed by atoms with Crippen LogP contribution < -0.4 is 18.9 Å². The summed E-state index contributed by atoms with van der Waals surface area (Å²) in [5.74, 6) is 1.13. The van der Waals surface area contributed by atoms with Crippen LogP contribution in [0, 0.1) is 5.92 Å². The first-order valence-electron chi connectivity index (χ1n) is 13.5. The second-order valence-electron chi connectivity index (χ2n) is 10.6. The van der Waals surface area contributed by atoms with E-state index in [0.29, 0.717) is 25.4 Å². The van der Waals surface area contributed by atoms with Crippen molar-refractivity contribution in [1.82, 2.24) is 9.80 Å². The number of hydrogen-bond donors (Lipinski definition) is 2. The third-order valence-electron chi connectivity index (χ3n) is 7.37. The lowest BCUT2D eigenvalue weighted by Gasteiger charge is -2.38. The van der Waals surface area contributed by atoms with E-state index in [2.05, 4.69) is 9.62 Å². The van der Waals surface area contributed by atoms with E-state index in [1.807, 2.05) is 32.2 Å². The van der Waals surface area contributed by atoms with Gasteiger partial charge < -0.3 is 24.2 Å². The SMILES string of the molecule is C[C@@H]1CN([C@H](C)CO)C(=O)c2cccc(NS(=O)(=O)c3ccccc3)c2O[C@@H]1CN(C)Cc1ccc2c(c1)OCO2. The van der Waals surface area contributed by atoms with Gasteiger partial charge in [0, 0.05) is 25.6 Å². The molecule has 2 N–H and O–H groups in total. The van der Waals surface area contributed by atoms with E-state index < -0.39 is 22.2 Å². The van der Waals surface area contributed by atoms with Crippen LogP contribution >= 0.6 is 0 Å². The minimum absolute atomic E-state index is 0.0960. The van der Waals surface area contributed by atoms with E-state index in [1.165, 1.54) is 12.1 Å². The lowest BCUT2D eigenvalue weighted by molar-refractivity contribution is 0.0344. The molecule has 0 radical (unpaired) electrons. The van der Waals surface area contributed by atoms with Crippen molar-refractivity contribution in [3.8, 4) is 17.2 Å². The molecule has 5 rings (SSSR count). The van der Waals surface area contributed by atoms with Crippen LogP contribution in [0.2, 0.25) is 0 Å². The average Bonchev–Trinajstić information content (AvgIpc) is 3.43. The molecule has 41 heavy (non-hydrogen) atoms. The van der Waals surface area contributed by atoms with E-state index in [9.17, 15) is 18.3 Å². The van der Waals surface area contributed by atoms with Gasteiger partial charge in [0.05, 0.1) is 28.8 Å². The summed E-state index contributed by atoms with van der Waals surface area (Å²) in [6.07, 6.45) is -0.406. The number of nitrogens with one attached hydrogen (secondary N) is 1. The number of amides is 1. The Morgan fingerprint density at radius 2 is 1.83 bits per heavy atom. The zero-order chi connectivity index (χ0) is 29.1. The Balaban J connectivity index is 1.46. The number of para-hydroxylation sites is 1. The molecule has 2 aliphatic heterocycles. The summed E-state index contributed by atoms with van der Waals surface area (Å²) in [6, 6.07) is 18.3. The standard InChI is InChI=1S/C30H35N3O7S/c1-20-15-33(21(2)18-34)30(35)24-10-7-11-25(31-41(36,37)23-8-5-4-6-9-23)29(24)40-28(20)17-32(3)16-22-12-13-26-27(14-22)39-19-38-26/h4-14,20-21,28,31,34H,15-19H2,1-3H3/t20-,21-,28-/m1/s1. The number of benzene rings is 3. The summed E-state index contributed by atoms with van der Waals surface area (Å²) in [4.78, 5) is 17.5. The fourth-order valence-corrected chi connectivity index (χ4v) is 6.15. The third-order valence-corrected chi connectivity index (χ3v) is 8.75. The Labute approximate surface area is 240 Å². The molecule has 0 aliphatic carbocycles. The predicted octanol–water partition coefficient (Wildman–Crippen LogP) is 3.57. The highest BCUT2D eigenvalue weighted by Gasteiger charge is 2.35. The summed E-state index contributed by atoms with van der Waals surface area (Å²) < 4.78 is 46.6. The first-order chi connectivity index (χ1) is 19.7. The van der Waals surface area contributed by atoms with Gasteiger partial charge in [-0.2, -0.15) is 0 Å². The second kappa shape index (κ2) is 12.0. The molecule has 0 unspecified atom stereocenters.